The maximum Gasteiger partial charge on any atom is 0.197 e. The number of nitrogen functional groups attached to an aromatic ring is 1. The van der Waals surface area contributed by atoms with Gasteiger partial charge >= 0.3 is 0 Å². The van der Waals surface area contributed by atoms with Gasteiger partial charge in [0.05, 0.1) is 6.61 Å². The van der Waals surface area contributed by atoms with Gasteiger partial charge in [0.2, 0.25) is 0 Å². The summed E-state index contributed by atoms with van der Waals surface area (Å²) < 4.78 is 9.82. The van der Waals surface area contributed by atoms with Crippen molar-refractivity contribution in [3.05, 3.63) is 0 Å². The predicted octanol–water partition coefficient (Wildman–Crippen LogP) is 2.75. The molecule has 5 heteroatoms. The number of rotatable bonds is 3. The molecule has 0 aromatic carbocycles. The first kappa shape index (κ1) is 12.5. The van der Waals surface area contributed by atoms with E-state index < -0.39 is 0 Å². The molecule has 17 heavy (non-hydrogen) atoms. The first-order valence-corrected chi connectivity index (χ1v) is 6.94. The Morgan fingerprint density at radius 3 is 2.94 bits per heavy atom. The minimum Gasteiger partial charge on any atom is -0.487 e. The van der Waals surface area contributed by atoms with Gasteiger partial charge in [-0.05, 0) is 36.7 Å². The van der Waals surface area contributed by atoms with Crippen molar-refractivity contribution in [3.8, 4) is 5.75 Å². The Balaban J connectivity index is 2.21. The van der Waals surface area contributed by atoms with Crippen molar-refractivity contribution in [2.24, 2.45) is 5.41 Å². The summed E-state index contributed by atoms with van der Waals surface area (Å²) in [6.07, 6.45) is 2.50. The number of ether oxygens (including phenoxy) is 1. The molecule has 1 saturated heterocycles. The zero-order valence-corrected chi connectivity index (χ0v) is 11.6. The Bertz CT molecular complexity index is 389. The second kappa shape index (κ2) is 4.72. The van der Waals surface area contributed by atoms with E-state index in [1.54, 1.807) is 0 Å². The summed E-state index contributed by atoms with van der Waals surface area (Å²) in [4.78, 5) is 2.36. The molecule has 0 saturated carbocycles. The highest BCUT2D eigenvalue weighted by atomic mass is 32.1. The molecular weight excluding hydrogens is 234 g/mol. The maximum atomic E-state index is 5.85. The zero-order chi connectivity index (χ0) is 12.5. The van der Waals surface area contributed by atoms with Crippen molar-refractivity contribution in [1.82, 2.24) is 4.37 Å². The van der Waals surface area contributed by atoms with Gasteiger partial charge in [0, 0.05) is 13.1 Å². The predicted molar refractivity (Wildman–Crippen MR) is 72.9 cm³/mol. The van der Waals surface area contributed by atoms with E-state index in [9.17, 15) is 0 Å². The zero-order valence-electron chi connectivity index (χ0n) is 10.8. The van der Waals surface area contributed by atoms with Gasteiger partial charge in [-0.25, -0.2) is 0 Å². The number of hydrogen-bond acceptors (Lipinski definition) is 5. The van der Waals surface area contributed by atoms with Crippen molar-refractivity contribution in [1.29, 1.82) is 0 Å². The van der Waals surface area contributed by atoms with Gasteiger partial charge in [-0.15, -0.1) is 0 Å². The molecule has 1 aromatic heterocycles. The van der Waals surface area contributed by atoms with E-state index in [0.29, 0.717) is 17.8 Å². The molecule has 2 rings (SSSR count). The lowest BCUT2D eigenvalue weighted by Crippen LogP contribution is -2.39. The number of nitrogens with zero attached hydrogens (tertiary/aromatic N) is 2. The minimum atomic E-state index is 0.362. The summed E-state index contributed by atoms with van der Waals surface area (Å²) in [5.74, 6) is 1.30. The minimum absolute atomic E-state index is 0.362. The average Bonchev–Trinajstić information content (AvgIpc) is 2.60. The fraction of sp³-hybridized carbons (Fsp3) is 0.750. The number of anilines is 2. The standard InChI is InChI=1S/C12H21N3OS/c1-4-16-9-10(13)14-17-11(9)15-7-5-6-12(2,3)8-15/h4-8H2,1-3H3,(H2,13,14). The molecule has 2 heterocycles. The largest absolute Gasteiger partial charge is 0.487 e. The van der Waals surface area contributed by atoms with E-state index in [1.165, 1.54) is 24.4 Å². The Kier molecular flexibility index (Phi) is 3.47. The highest BCUT2D eigenvalue weighted by Gasteiger charge is 2.29. The third kappa shape index (κ3) is 2.65. The molecule has 0 unspecified atom stereocenters. The Morgan fingerprint density at radius 1 is 1.53 bits per heavy atom. The molecule has 1 fully saturated rings. The fourth-order valence-electron chi connectivity index (χ4n) is 2.36. The normalized spacial score (nSPS) is 19.4. The SMILES string of the molecule is CCOc1c(N)nsc1N1CCCC(C)(C)C1. The number of nitrogens with two attached hydrogens (primary N) is 1. The highest BCUT2D eigenvalue weighted by Crippen LogP contribution is 2.41. The summed E-state index contributed by atoms with van der Waals surface area (Å²) in [5, 5.41) is 1.09. The van der Waals surface area contributed by atoms with E-state index in [1.807, 2.05) is 6.92 Å². The lowest BCUT2D eigenvalue weighted by Gasteiger charge is -2.38. The van der Waals surface area contributed by atoms with E-state index in [0.717, 1.165) is 23.8 Å². The van der Waals surface area contributed by atoms with Crippen LogP contribution in [-0.4, -0.2) is 24.1 Å². The molecule has 0 atom stereocenters. The second-order valence-corrected chi connectivity index (χ2v) is 6.08. The molecule has 0 amide bonds. The van der Waals surface area contributed by atoms with Crippen molar-refractivity contribution in [2.75, 3.05) is 30.3 Å². The van der Waals surface area contributed by atoms with Gasteiger partial charge in [0.25, 0.3) is 0 Å². The Hall–Kier alpha value is -0.970. The van der Waals surface area contributed by atoms with Crippen molar-refractivity contribution in [3.63, 3.8) is 0 Å². The topological polar surface area (TPSA) is 51.4 Å². The van der Waals surface area contributed by atoms with Crippen molar-refractivity contribution < 1.29 is 4.74 Å². The molecular formula is C12H21N3OS. The van der Waals surface area contributed by atoms with Crippen LogP contribution in [0.2, 0.25) is 0 Å². The van der Waals surface area contributed by atoms with Crippen molar-refractivity contribution in [2.45, 2.75) is 33.6 Å². The van der Waals surface area contributed by atoms with Crippen LogP contribution < -0.4 is 15.4 Å². The highest BCUT2D eigenvalue weighted by molar-refractivity contribution is 7.11. The van der Waals surface area contributed by atoms with E-state index >= 15 is 0 Å². The Morgan fingerprint density at radius 2 is 2.29 bits per heavy atom. The van der Waals surface area contributed by atoms with Crippen LogP contribution in [0.5, 0.6) is 5.75 Å². The molecule has 0 aliphatic carbocycles. The van der Waals surface area contributed by atoms with Crippen LogP contribution in [0.4, 0.5) is 10.8 Å². The summed E-state index contributed by atoms with van der Waals surface area (Å²) >= 11 is 1.45. The van der Waals surface area contributed by atoms with Crippen LogP contribution in [0.1, 0.15) is 33.6 Å². The van der Waals surface area contributed by atoms with Gasteiger partial charge in [-0.1, -0.05) is 13.8 Å². The lowest BCUT2D eigenvalue weighted by atomic mass is 9.84. The van der Waals surface area contributed by atoms with E-state index in [2.05, 4.69) is 23.1 Å². The van der Waals surface area contributed by atoms with Gasteiger partial charge in [0.1, 0.15) is 0 Å². The molecule has 4 nitrogen and oxygen atoms in total. The van der Waals surface area contributed by atoms with E-state index in [-0.39, 0.29) is 0 Å². The number of aromatic nitrogens is 1. The van der Waals surface area contributed by atoms with Gasteiger partial charge in [-0.3, -0.25) is 0 Å². The van der Waals surface area contributed by atoms with Crippen LogP contribution >= 0.6 is 11.5 Å². The van der Waals surface area contributed by atoms with Crippen LogP contribution in [0.25, 0.3) is 0 Å². The van der Waals surface area contributed by atoms with Gasteiger partial charge in [0.15, 0.2) is 16.6 Å². The fourth-order valence-corrected chi connectivity index (χ4v) is 3.15. The molecule has 1 aliphatic heterocycles. The monoisotopic (exact) mass is 255 g/mol. The molecule has 2 N–H and O–H groups in total. The molecule has 96 valence electrons. The van der Waals surface area contributed by atoms with Gasteiger partial charge < -0.3 is 15.4 Å². The van der Waals surface area contributed by atoms with Gasteiger partial charge in [-0.2, -0.15) is 4.37 Å². The average molecular weight is 255 g/mol. The molecule has 1 aromatic rings. The summed E-state index contributed by atoms with van der Waals surface area (Å²) in [6.45, 7) is 9.35. The first-order chi connectivity index (χ1) is 8.03. The number of piperidine rings is 1. The first-order valence-electron chi connectivity index (χ1n) is 6.16. The van der Waals surface area contributed by atoms with Crippen molar-refractivity contribution >= 4 is 22.4 Å². The Labute approximate surface area is 107 Å². The molecule has 0 spiro atoms. The molecule has 1 aliphatic rings. The quantitative estimate of drug-likeness (QED) is 0.902. The second-order valence-electron chi connectivity index (χ2n) is 5.32. The van der Waals surface area contributed by atoms with Crippen LogP contribution in [0.3, 0.4) is 0 Å². The maximum absolute atomic E-state index is 5.85. The molecule has 0 radical (unpaired) electrons. The van der Waals surface area contributed by atoms with Crippen LogP contribution in [-0.2, 0) is 0 Å². The van der Waals surface area contributed by atoms with Crippen LogP contribution in [0, 0.1) is 5.41 Å². The smallest absolute Gasteiger partial charge is 0.197 e. The molecule has 0 bridgehead atoms. The summed E-state index contributed by atoms with van der Waals surface area (Å²) in [6, 6.07) is 0. The lowest BCUT2D eigenvalue weighted by molar-refractivity contribution is 0.290. The third-order valence-electron chi connectivity index (χ3n) is 3.13. The summed E-state index contributed by atoms with van der Waals surface area (Å²) in [7, 11) is 0. The van der Waals surface area contributed by atoms with Crippen LogP contribution in [0.15, 0.2) is 0 Å². The third-order valence-corrected chi connectivity index (χ3v) is 4.04. The van der Waals surface area contributed by atoms with E-state index in [4.69, 9.17) is 10.5 Å². The number of hydrogen-bond donors (Lipinski definition) is 1. The summed E-state index contributed by atoms with van der Waals surface area (Å²) in [5.41, 5.74) is 6.21.